The van der Waals surface area contributed by atoms with Crippen LogP contribution in [0.3, 0.4) is 0 Å². The summed E-state index contributed by atoms with van der Waals surface area (Å²) in [6.07, 6.45) is 1.32. The Kier molecular flexibility index (Phi) is 2.09. The summed E-state index contributed by atoms with van der Waals surface area (Å²) in [5.74, 6) is 0.702. The van der Waals surface area contributed by atoms with E-state index in [1.54, 1.807) is 7.05 Å². The maximum atomic E-state index is 5.58. The third kappa shape index (κ3) is 1.26. The van der Waals surface area contributed by atoms with Gasteiger partial charge in [-0.25, -0.2) is 15.0 Å². The van der Waals surface area contributed by atoms with Crippen LogP contribution in [0.15, 0.2) is 11.4 Å². The van der Waals surface area contributed by atoms with Gasteiger partial charge in [-0.05, 0) is 0 Å². The van der Waals surface area contributed by atoms with Gasteiger partial charge in [0.2, 0.25) is 0 Å². The van der Waals surface area contributed by atoms with Crippen molar-refractivity contribution < 1.29 is 0 Å². The summed E-state index contributed by atoms with van der Waals surface area (Å²) < 4.78 is 0. The molecule has 0 unspecified atom stereocenters. The van der Waals surface area contributed by atoms with Crippen LogP contribution in [0.4, 0.5) is 17.3 Å². The summed E-state index contributed by atoms with van der Waals surface area (Å²) in [5.41, 5.74) is 11.3. The number of aromatic nitrogens is 2. The quantitative estimate of drug-likeness (QED) is 0.464. The maximum Gasteiger partial charge on any atom is 0.177 e. The summed E-state index contributed by atoms with van der Waals surface area (Å²) in [6, 6.07) is 0. The van der Waals surface area contributed by atoms with Crippen molar-refractivity contribution in [3.05, 3.63) is 6.33 Å². The first kappa shape index (κ1) is 8.25. The van der Waals surface area contributed by atoms with Crippen molar-refractivity contribution in [3.8, 4) is 0 Å². The van der Waals surface area contributed by atoms with Crippen molar-refractivity contribution in [1.82, 2.24) is 9.97 Å². The molecule has 1 heterocycles. The number of hydrogen-bond acceptors (Lipinski definition) is 6. The van der Waals surface area contributed by atoms with Gasteiger partial charge in [-0.15, -0.1) is 0 Å². The molecule has 0 aliphatic heterocycles. The molecule has 6 nitrogen and oxygen atoms in total. The molecule has 0 spiro atoms. The molecule has 0 aromatic carbocycles. The first-order valence-corrected chi connectivity index (χ1v) is 3.23. The molecule has 12 heavy (non-hydrogen) atoms. The van der Waals surface area contributed by atoms with Crippen LogP contribution >= 0.6 is 0 Å². The topological polar surface area (TPSA) is 93.4 Å². The molecule has 0 fully saturated rings. The molecule has 0 aliphatic carbocycles. The lowest BCUT2D eigenvalue weighted by Crippen LogP contribution is -2.13. The zero-order valence-corrected chi connectivity index (χ0v) is 6.73. The van der Waals surface area contributed by atoms with Crippen molar-refractivity contribution in [2.24, 2.45) is 5.10 Å². The molecular weight excluding hydrogens is 156 g/mol. The Hall–Kier alpha value is -1.85. The minimum Gasteiger partial charge on any atom is -0.393 e. The summed E-state index contributed by atoms with van der Waals surface area (Å²) in [5, 5.41) is 5.04. The fourth-order valence-corrected chi connectivity index (χ4v) is 0.724. The van der Waals surface area contributed by atoms with Crippen molar-refractivity contribution >= 4 is 24.0 Å². The first-order chi connectivity index (χ1) is 5.66. The van der Waals surface area contributed by atoms with E-state index < -0.39 is 0 Å². The van der Waals surface area contributed by atoms with E-state index in [0.29, 0.717) is 11.5 Å². The molecule has 0 bridgehead atoms. The second kappa shape index (κ2) is 3.04. The van der Waals surface area contributed by atoms with Crippen molar-refractivity contribution in [2.75, 3.05) is 23.5 Å². The minimum absolute atomic E-state index is 0.246. The monoisotopic (exact) mass is 166 g/mol. The van der Waals surface area contributed by atoms with E-state index in [9.17, 15) is 0 Å². The first-order valence-electron chi connectivity index (χ1n) is 3.23. The van der Waals surface area contributed by atoms with Crippen LogP contribution in [0.25, 0.3) is 0 Å². The van der Waals surface area contributed by atoms with E-state index in [1.807, 2.05) is 0 Å². The second-order valence-corrected chi connectivity index (χ2v) is 2.16. The van der Waals surface area contributed by atoms with E-state index in [-0.39, 0.29) is 5.82 Å². The number of rotatable bonds is 2. The van der Waals surface area contributed by atoms with E-state index in [2.05, 4.69) is 21.8 Å². The van der Waals surface area contributed by atoms with Gasteiger partial charge in [0.25, 0.3) is 0 Å². The number of anilines is 3. The van der Waals surface area contributed by atoms with Crippen molar-refractivity contribution in [3.63, 3.8) is 0 Å². The van der Waals surface area contributed by atoms with Gasteiger partial charge in [-0.1, -0.05) is 0 Å². The molecule has 0 saturated heterocycles. The van der Waals surface area contributed by atoms with E-state index >= 15 is 0 Å². The fourth-order valence-electron chi connectivity index (χ4n) is 0.724. The Bertz CT molecular complexity index is 296. The summed E-state index contributed by atoms with van der Waals surface area (Å²) >= 11 is 0. The number of nitrogens with two attached hydrogens (primary N) is 2. The molecule has 0 aliphatic rings. The fraction of sp³-hybridized carbons (Fsp3) is 0.167. The molecular formula is C6H10N6. The van der Waals surface area contributed by atoms with Gasteiger partial charge in [-0.3, -0.25) is 0 Å². The standard InChI is InChI=1S/C6H10N6/c1-9-12(2)6-4(7)5(8)10-3-11-6/h3H,1,7H2,2H3,(H2,8,10,11). The lowest BCUT2D eigenvalue weighted by atomic mass is 10.4. The van der Waals surface area contributed by atoms with Crippen molar-refractivity contribution in [2.45, 2.75) is 0 Å². The predicted molar refractivity (Wildman–Crippen MR) is 48.8 cm³/mol. The molecule has 0 atom stereocenters. The Morgan fingerprint density at radius 2 is 2.17 bits per heavy atom. The Labute approximate surface area is 69.9 Å². The van der Waals surface area contributed by atoms with Gasteiger partial charge < -0.3 is 11.5 Å². The highest BCUT2D eigenvalue weighted by Gasteiger charge is 2.07. The van der Waals surface area contributed by atoms with Crippen molar-refractivity contribution in [1.29, 1.82) is 0 Å². The third-order valence-electron chi connectivity index (χ3n) is 1.41. The van der Waals surface area contributed by atoms with Gasteiger partial charge in [-0.2, -0.15) is 5.10 Å². The highest BCUT2D eigenvalue weighted by Crippen LogP contribution is 2.22. The van der Waals surface area contributed by atoms with Gasteiger partial charge in [0, 0.05) is 13.8 Å². The van der Waals surface area contributed by atoms with Gasteiger partial charge in [0.15, 0.2) is 11.6 Å². The Morgan fingerprint density at radius 3 is 2.75 bits per heavy atom. The van der Waals surface area contributed by atoms with Crippen LogP contribution in [0.2, 0.25) is 0 Å². The SMILES string of the molecule is C=NN(C)c1ncnc(N)c1N. The lowest BCUT2D eigenvalue weighted by Gasteiger charge is -2.12. The number of hydrazone groups is 1. The lowest BCUT2D eigenvalue weighted by molar-refractivity contribution is 0.977. The van der Waals surface area contributed by atoms with Crippen LogP contribution in [0, 0.1) is 0 Å². The minimum atomic E-state index is 0.246. The zero-order valence-electron chi connectivity index (χ0n) is 6.73. The Balaban J connectivity index is 3.15. The van der Waals surface area contributed by atoms with E-state index in [4.69, 9.17) is 11.5 Å². The average Bonchev–Trinajstić information content (AvgIpc) is 2.08. The van der Waals surface area contributed by atoms with E-state index in [1.165, 1.54) is 11.3 Å². The second-order valence-electron chi connectivity index (χ2n) is 2.16. The van der Waals surface area contributed by atoms with Gasteiger partial charge in [0.05, 0.1) is 0 Å². The van der Waals surface area contributed by atoms with Crippen LogP contribution in [0.5, 0.6) is 0 Å². The third-order valence-corrected chi connectivity index (χ3v) is 1.41. The number of nitrogen functional groups attached to an aromatic ring is 2. The molecule has 64 valence electrons. The molecule has 0 radical (unpaired) electrons. The molecule has 0 saturated carbocycles. The highest BCUT2D eigenvalue weighted by molar-refractivity contribution is 5.72. The zero-order chi connectivity index (χ0) is 9.14. The molecule has 0 amide bonds. The summed E-state index contributed by atoms with van der Waals surface area (Å²) in [6.45, 7) is 3.33. The van der Waals surface area contributed by atoms with Crippen LogP contribution < -0.4 is 16.5 Å². The largest absolute Gasteiger partial charge is 0.393 e. The molecule has 6 heteroatoms. The number of nitrogens with zero attached hydrogens (tertiary/aromatic N) is 4. The van der Waals surface area contributed by atoms with Crippen LogP contribution in [0.1, 0.15) is 0 Å². The Morgan fingerprint density at radius 1 is 1.50 bits per heavy atom. The number of hydrogen-bond donors (Lipinski definition) is 2. The summed E-state index contributed by atoms with van der Waals surface area (Å²) in [7, 11) is 1.67. The predicted octanol–water partition coefficient (Wildman–Crippen LogP) is -0.307. The smallest absolute Gasteiger partial charge is 0.177 e. The molecule has 1 rings (SSSR count). The molecule has 4 N–H and O–H groups in total. The summed E-state index contributed by atoms with van der Waals surface area (Å²) in [4.78, 5) is 7.59. The molecule has 1 aromatic heterocycles. The van der Waals surface area contributed by atoms with Crippen LogP contribution in [-0.2, 0) is 0 Å². The van der Waals surface area contributed by atoms with Gasteiger partial charge >= 0.3 is 0 Å². The van der Waals surface area contributed by atoms with Crippen LogP contribution in [-0.4, -0.2) is 23.7 Å². The average molecular weight is 166 g/mol. The van der Waals surface area contributed by atoms with Gasteiger partial charge in [0.1, 0.15) is 12.0 Å². The normalized spacial score (nSPS) is 9.42. The maximum absolute atomic E-state index is 5.58. The highest BCUT2D eigenvalue weighted by atomic mass is 15.5. The molecule has 1 aromatic rings. The van der Waals surface area contributed by atoms with E-state index in [0.717, 1.165) is 0 Å².